The van der Waals surface area contributed by atoms with E-state index in [4.69, 9.17) is 28.9 Å². The second-order valence-corrected chi connectivity index (χ2v) is 9.29. The average Bonchev–Trinajstić information content (AvgIpc) is 2.67. The van der Waals surface area contributed by atoms with Crippen molar-refractivity contribution < 1.29 is 9.59 Å². The number of nitrogens with zero attached hydrogens (tertiary/aromatic N) is 1. The van der Waals surface area contributed by atoms with Gasteiger partial charge in [0.25, 0.3) is 0 Å². The van der Waals surface area contributed by atoms with Gasteiger partial charge in [0.05, 0.1) is 5.02 Å². The van der Waals surface area contributed by atoms with Gasteiger partial charge in [0, 0.05) is 22.9 Å². The maximum Gasteiger partial charge on any atom is 0.217 e. The van der Waals surface area contributed by atoms with Crippen LogP contribution in [0.3, 0.4) is 0 Å². The fourth-order valence-electron chi connectivity index (χ4n) is 4.70. The molecule has 2 aliphatic rings. The van der Waals surface area contributed by atoms with Crippen LogP contribution < -0.4 is 5.73 Å². The van der Waals surface area contributed by atoms with Crippen molar-refractivity contribution >= 4 is 34.9 Å². The Morgan fingerprint density at radius 3 is 2.25 bits per heavy atom. The van der Waals surface area contributed by atoms with Gasteiger partial charge in [-0.1, -0.05) is 36.0 Å². The molecule has 1 saturated carbocycles. The van der Waals surface area contributed by atoms with Crippen molar-refractivity contribution in [3.05, 3.63) is 33.8 Å². The number of primary amides is 1. The Hall–Kier alpha value is -1.10. The van der Waals surface area contributed by atoms with Crippen LogP contribution in [0, 0.1) is 17.8 Å². The number of amides is 1. The van der Waals surface area contributed by atoms with E-state index >= 15 is 0 Å². The topological polar surface area (TPSA) is 63.4 Å². The molecule has 2 N–H and O–H groups in total. The highest BCUT2D eigenvalue weighted by Gasteiger charge is 2.28. The molecule has 0 atom stereocenters. The zero-order valence-electron chi connectivity index (χ0n) is 16.3. The van der Waals surface area contributed by atoms with E-state index in [1.807, 2.05) is 0 Å². The number of Topliss-reactive ketones (excluding diaryl/α,β-unsaturated/α-hetero) is 1. The number of likely N-dealkylation sites (tertiary alicyclic amines) is 1. The summed E-state index contributed by atoms with van der Waals surface area (Å²) in [4.78, 5) is 26.3. The SMILES string of the molecule is NC(=O)CC1CCC(CCN2CCC(C(=O)c3ccc(Cl)cc3Cl)CC2)CC1. The van der Waals surface area contributed by atoms with Gasteiger partial charge in [0.1, 0.15) is 0 Å². The van der Waals surface area contributed by atoms with Gasteiger partial charge in [-0.15, -0.1) is 0 Å². The van der Waals surface area contributed by atoms with Crippen LogP contribution in [0.4, 0.5) is 0 Å². The van der Waals surface area contributed by atoms with E-state index in [0.29, 0.717) is 27.9 Å². The summed E-state index contributed by atoms with van der Waals surface area (Å²) >= 11 is 12.1. The Bertz CT molecular complexity index is 694. The number of benzene rings is 1. The van der Waals surface area contributed by atoms with Gasteiger partial charge in [-0.2, -0.15) is 0 Å². The molecule has 6 heteroatoms. The van der Waals surface area contributed by atoms with E-state index in [2.05, 4.69) is 4.90 Å². The molecule has 1 aromatic carbocycles. The van der Waals surface area contributed by atoms with E-state index in [-0.39, 0.29) is 17.6 Å². The molecule has 0 radical (unpaired) electrons. The number of hydrogen-bond donors (Lipinski definition) is 1. The van der Waals surface area contributed by atoms with Crippen LogP contribution in [0.15, 0.2) is 18.2 Å². The monoisotopic (exact) mass is 424 g/mol. The highest BCUT2D eigenvalue weighted by atomic mass is 35.5. The number of carbonyl (C=O) groups is 2. The number of ketones is 1. The molecule has 1 heterocycles. The molecular formula is C22H30Cl2N2O2. The van der Waals surface area contributed by atoms with Crippen molar-refractivity contribution in [2.45, 2.75) is 51.4 Å². The third kappa shape index (κ3) is 5.95. The molecule has 1 amide bonds. The first-order valence-corrected chi connectivity index (χ1v) is 11.2. The molecule has 2 fully saturated rings. The summed E-state index contributed by atoms with van der Waals surface area (Å²) in [5.41, 5.74) is 5.91. The summed E-state index contributed by atoms with van der Waals surface area (Å²) in [6, 6.07) is 5.12. The van der Waals surface area contributed by atoms with Crippen LogP contribution in [0.5, 0.6) is 0 Å². The highest BCUT2D eigenvalue weighted by molar-refractivity contribution is 6.36. The lowest BCUT2D eigenvalue weighted by Gasteiger charge is -2.34. The maximum atomic E-state index is 12.8. The van der Waals surface area contributed by atoms with E-state index in [0.717, 1.165) is 51.2 Å². The summed E-state index contributed by atoms with van der Waals surface area (Å²) in [5.74, 6) is 1.29. The molecule has 3 rings (SSSR count). The summed E-state index contributed by atoms with van der Waals surface area (Å²) < 4.78 is 0. The molecule has 4 nitrogen and oxygen atoms in total. The van der Waals surface area contributed by atoms with Gasteiger partial charge in [-0.3, -0.25) is 9.59 Å². The smallest absolute Gasteiger partial charge is 0.217 e. The van der Waals surface area contributed by atoms with Crippen molar-refractivity contribution in [1.82, 2.24) is 4.90 Å². The Morgan fingerprint density at radius 1 is 1.00 bits per heavy atom. The molecule has 0 unspecified atom stereocenters. The third-order valence-corrected chi connectivity index (χ3v) is 7.01. The minimum absolute atomic E-state index is 0.0548. The summed E-state index contributed by atoms with van der Waals surface area (Å²) in [7, 11) is 0. The largest absolute Gasteiger partial charge is 0.370 e. The van der Waals surface area contributed by atoms with Gasteiger partial charge >= 0.3 is 0 Å². The Balaban J connectivity index is 1.39. The van der Waals surface area contributed by atoms with Gasteiger partial charge < -0.3 is 10.6 Å². The number of carbonyl (C=O) groups excluding carboxylic acids is 2. The zero-order chi connectivity index (χ0) is 20.1. The number of nitrogens with two attached hydrogens (primary N) is 1. The van der Waals surface area contributed by atoms with Crippen LogP contribution in [-0.4, -0.2) is 36.2 Å². The molecule has 0 aromatic heterocycles. The van der Waals surface area contributed by atoms with E-state index in [1.54, 1.807) is 18.2 Å². The lowest BCUT2D eigenvalue weighted by molar-refractivity contribution is -0.119. The fourth-order valence-corrected chi connectivity index (χ4v) is 5.20. The van der Waals surface area contributed by atoms with Crippen LogP contribution in [0.1, 0.15) is 61.7 Å². The van der Waals surface area contributed by atoms with E-state index < -0.39 is 0 Å². The Kier molecular flexibility index (Phi) is 7.78. The van der Waals surface area contributed by atoms with E-state index in [1.165, 1.54) is 19.3 Å². The predicted octanol–water partition coefficient (Wildman–Crippen LogP) is 4.96. The van der Waals surface area contributed by atoms with Crippen molar-refractivity contribution in [3.8, 4) is 0 Å². The minimum Gasteiger partial charge on any atom is -0.370 e. The second-order valence-electron chi connectivity index (χ2n) is 8.45. The molecule has 0 spiro atoms. The fraction of sp³-hybridized carbons (Fsp3) is 0.636. The first-order valence-electron chi connectivity index (χ1n) is 10.4. The molecule has 1 saturated heterocycles. The summed E-state index contributed by atoms with van der Waals surface area (Å²) in [6.07, 6.45) is 8.23. The summed E-state index contributed by atoms with van der Waals surface area (Å²) in [6.45, 7) is 3.05. The molecule has 1 aromatic rings. The minimum atomic E-state index is -0.166. The second kappa shape index (κ2) is 10.1. The molecule has 1 aliphatic carbocycles. The Morgan fingerprint density at radius 2 is 1.64 bits per heavy atom. The molecule has 154 valence electrons. The first-order chi connectivity index (χ1) is 13.4. The first kappa shape index (κ1) is 21.6. The standard InChI is InChI=1S/C22H30Cl2N2O2/c23-18-5-6-19(20(24)14-18)22(28)17-8-11-26(12-9-17)10-7-15-1-3-16(4-2-15)13-21(25)27/h5-6,14-17H,1-4,7-13H2,(H2,25,27). The van der Waals surface area contributed by atoms with Gasteiger partial charge in [0.2, 0.25) is 5.91 Å². The normalized spacial score (nSPS) is 24.2. The molecule has 28 heavy (non-hydrogen) atoms. The molecular weight excluding hydrogens is 395 g/mol. The lowest BCUT2D eigenvalue weighted by atomic mass is 9.79. The van der Waals surface area contributed by atoms with Crippen LogP contribution in [-0.2, 0) is 4.79 Å². The number of halogens is 2. The van der Waals surface area contributed by atoms with Crippen molar-refractivity contribution in [2.24, 2.45) is 23.5 Å². The van der Waals surface area contributed by atoms with Crippen molar-refractivity contribution in [3.63, 3.8) is 0 Å². The van der Waals surface area contributed by atoms with Gasteiger partial charge in [-0.25, -0.2) is 0 Å². The molecule has 0 bridgehead atoms. The van der Waals surface area contributed by atoms with Crippen molar-refractivity contribution in [2.75, 3.05) is 19.6 Å². The number of rotatable bonds is 7. The van der Waals surface area contributed by atoms with Gasteiger partial charge in [-0.05, 0) is 81.8 Å². The zero-order valence-corrected chi connectivity index (χ0v) is 17.9. The number of piperidine rings is 1. The third-order valence-electron chi connectivity index (χ3n) is 6.46. The highest BCUT2D eigenvalue weighted by Crippen LogP contribution is 2.33. The molecule has 1 aliphatic heterocycles. The Labute approximate surface area is 177 Å². The quantitative estimate of drug-likeness (QED) is 0.628. The van der Waals surface area contributed by atoms with E-state index in [9.17, 15) is 9.59 Å². The average molecular weight is 425 g/mol. The van der Waals surface area contributed by atoms with Crippen molar-refractivity contribution in [1.29, 1.82) is 0 Å². The predicted molar refractivity (Wildman–Crippen MR) is 114 cm³/mol. The summed E-state index contributed by atoms with van der Waals surface area (Å²) in [5, 5.41) is 1.01. The van der Waals surface area contributed by atoms with Crippen LogP contribution >= 0.6 is 23.2 Å². The van der Waals surface area contributed by atoms with Gasteiger partial charge in [0.15, 0.2) is 5.78 Å². The number of hydrogen-bond acceptors (Lipinski definition) is 3. The lowest BCUT2D eigenvalue weighted by Crippen LogP contribution is -2.37. The van der Waals surface area contributed by atoms with Crippen LogP contribution in [0.25, 0.3) is 0 Å². The maximum absolute atomic E-state index is 12.8. The van der Waals surface area contributed by atoms with Crippen LogP contribution in [0.2, 0.25) is 10.0 Å².